The molecule has 0 N–H and O–H groups in total. The molecule has 0 spiro atoms. The molecular weight excluding hydrogens is 486 g/mol. The summed E-state index contributed by atoms with van der Waals surface area (Å²) in [4.78, 5) is 25.1. The third-order valence-corrected chi connectivity index (χ3v) is 7.92. The fraction of sp³-hybridized carbons (Fsp3) is 0.522. The van der Waals surface area contributed by atoms with Gasteiger partial charge in [-0.1, -0.05) is 18.0 Å². The number of hydrogen-bond acceptors (Lipinski definition) is 6. The number of hydrogen-bond donors (Lipinski definition) is 0. The lowest BCUT2D eigenvalue weighted by Crippen LogP contribution is -2.49. The molecule has 0 aliphatic carbocycles. The van der Waals surface area contributed by atoms with Crippen LogP contribution < -0.4 is 4.90 Å². The number of sulfone groups is 1. The zero-order valence-corrected chi connectivity index (χ0v) is 20.5. The van der Waals surface area contributed by atoms with Crippen LogP contribution in [0.15, 0.2) is 29.4 Å². The molecule has 4 rings (SSSR count). The van der Waals surface area contributed by atoms with Crippen molar-refractivity contribution >= 4 is 33.2 Å². The van der Waals surface area contributed by atoms with Crippen LogP contribution in [0.25, 0.3) is 0 Å². The predicted molar refractivity (Wildman–Crippen MR) is 125 cm³/mol. The standard InChI is InChI=1S/C23H27ClF2N4O3S/c1-34(32,33)20-12-18(25)16(11-19(20)26)10-15-4-2-3-7-30(23(15)31)17-5-8-29(9-6-17)22-14-27-13-21(24)28-22/h11-15,17H,2-10H2,1H3/t15-/m1/s1. The molecule has 3 heterocycles. The van der Waals surface area contributed by atoms with Gasteiger partial charge in [-0.15, -0.1) is 0 Å². The van der Waals surface area contributed by atoms with E-state index in [9.17, 15) is 22.0 Å². The Balaban J connectivity index is 1.45. The van der Waals surface area contributed by atoms with Gasteiger partial charge in [-0.25, -0.2) is 22.2 Å². The quantitative estimate of drug-likeness (QED) is 0.608. The molecule has 34 heavy (non-hydrogen) atoms. The Morgan fingerprint density at radius 3 is 2.47 bits per heavy atom. The fourth-order valence-electron chi connectivity index (χ4n) is 4.86. The molecule has 2 fully saturated rings. The number of halogens is 3. The van der Waals surface area contributed by atoms with Crippen molar-refractivity contribution in [1.29, 1.82) is 0 Å². The topological polar surface area (TPSA) is 83.5 Å². The van der Waals surface area contributed by atoms with Crippen molar-refractivity contribution in [1.82, 2.24) is 14.9 Å². The van der Waals surface area contributed by atoms with Crippen LogP contribution in [0.2, 0.25) is 5.15 Å². The summed E-state index contributed by atoms with van der Waals surface area (Å²) < 4.78 is 52.3. The van der Waals surface area contributed by atoms with E-state index in [1.54, 1.807) is 6.20 Å². The van der Waals surface area contributed by atoms with Crippen molar-refractivity contribution in [2.45, 2.75) is 49.5 Å². The third kappa shape index (κ3) is 5.49. The van der Waals surface area contributed by atoms with Gasteiger partial charge in [0.1, 0.15) is 27.5 Å². The van der Waals surface area contributed by atoms with E-state index in [2.05, 4.69) is 14.9 Å². The van der Waals surface area contributed by atoms with E-state index in [4.69, 9.17) is 11.6 Å². The highest BCUT2D eigenvalue weighted by molar-refractivity contribution is 7.90. The first-order chi connectivity index (χ1) is 16.1. The highest BCUT2D eigenvalue weighted by Gasteiger charge is 2.34. The fourth-order valence-corrected chi connectivity index (χ4v) is 5.73. The lowest BCUT2D eigenvalue weighted by Gasteiger charge is -2.39. The average Bonchev–Trinajstić information content (AvgIpc) is 2.97. The molecule has 1 aromatic carbocycles. The second-order valence-corrected chi connectivity index (χ2v) is 11.4. The molecule has 11 heteroatoms. The molecular formula is C23H27ClF2N4O3S. The minimum Gasteiger partial charge on any atom is -0.355 e. The van der Waals surface area contributed by atoms with Crippen LogP contribution in [-0.4, -0.2) is 61.1 Å². The summed E-state index contributed by atoms with van der Waals surface area (Å²) in [7, 11) is -3.88. The normalized spacial score (nSPS) is 20.5. The predicted octanol–water partition coefficient (Wildman–Crippen LogP) is 3.65. The third-order valence-electron chi connectivity index (χ3n) is 6.62. The van der Waals surface area contributed by atoms with Crippen molar-refractivity contribution in [2.75, 3.05) is 30.8 Å². The largest absolute Gasteiger partial charge is 0.355 e. The molecule has 1 aromatic heterocycles. The molecule has 2 aliphatic heterocycles. The Kier molecular flexibility index (Phi) is 7.37. The van der Waals surface area contributed by atoms with E-state index in [1.165, 1.54) is 6.20 Å². The molecule has 0 radical (unpaired) electrons. The number of likely N-dealkylation sites (tertiary alicyclic amines) is 1. The van der Waals surface area contributed by atoms with Crippen molar-refractivity contribution < 1.29 is 22.0 Å². The van der Waals surface area contributed by atoms with Crippen LogP contribution in [0.4, 0.5) is 14.6 Å². The van der Waals surface area contributed by atoms with Gasteiger partial charge in [0.05, 0.1) is 12.4 Å². The van der Waals surface area contributed by atoms with Gasteiger partial charge in [0.2, 0.25) is 5.91 Å². The van der Waals surface area contributed by atoms with E-state index in [-0.39, 0.29) is 23.9 Å². The molecule has 0 saturated carbocycles. The van der Waals surface area contributed by atoms with Crippen molar-refractivity contribution in [3.63, 3.8) is 0 Å². The molecule has 0 unspecified atom stereocenters. The smallest absolute Gasteiger partial charge is 0.226 e. The van der Waals surface area contributed by atoms with Crippen molar-refractivity contribution in [3.05, 3.63) is 46.9 Å². The van der Waals surface area contributed by atoms with Crippen LogP contribution in [0.3, 0.4) is 0 Å². The number of carbonyl (C=O) groups is 1. The van der Waals surface area contributed by atoms with Crippen molar-refractivity contribution in [2.24, 2.45) is 5.92 Å². The zero-order valence-electron chi connectivity index (χ0n) is 18.9. The van der Waals surface area contributed by atoms with Gasteiger partial charge in [0, 0.05) is 37.8 Å². The first-order valence-corrected chi connectivity index (χ1v) is 13.6. The monoisotopic (exact) mass is 512 g/mol. The van der Waals surface area contributed by atoms with Gasteiger partial charge in [0.25, 0.3) is 0 Å². The van der Waals surface area contributed by atoms with Crippen LogP contribution in [0.5, 0.6) is 0 Å². The number of carbonyl (C=O) groups excluding carboxylic acids is 1. The number of nitrogens with zero attached hydrogens (tertiary/aromatic N) is 4. The summed E-state index contributed by atoms with van der Waals surface area (Å²) in [5.74, 6) is -1.61. The minimum atomic E-state index is -3.88. The van der Waals surface area contributed by atoms with Gasteiger partial charge < -0.3 is 9.80 Å². The van der Waals surface area contributed by atoms with Gasteiger partial charge in [-0.05, 0) is 49.8 Å². The molecule has 1 amide bonds. The molecule has 2 saturated heterocycles. The van der Waals surface area contributed by atoms with Gasteiger partial charge in [-0.2, -0.15) is 0 Å². The summed E-state index contributed by atoms with van der Waals surface area (Å²) in [6.07, 6.45) is 7.81. The van der Waals surface area contributed by atoms with Gasteiger partial charge in [0.15, 0.2) is 9.84 Å². The van der Waals surface area contributed by atoms with Gasteiger partial charge >= 0.3 is 0 Å². The molecule has 2 aliphatic rings. The Hall–Kier alpha value is -2.33. The molecule has 2 aromatic rings. The maximum Gasteiger partial charge on any atom is 0.226 e. The molecule has 184 valence electrons. The number of rotatable bonds is 5. The van der Waals surface area contributed by atoms with E-state index in [0.717, 1.165) is 38.0 Å². The number of anilines is 1. The van der Waals surface area contributed by atoms with E-state index < -0.39 is 32.3 Å². The van der Waals surface area contributed by atoms with E-state index in [0.29, 0.717) is 43.1 Å². The summed E-state index contributed by atoms with van der Waals surface area (Å²) in [5, 5.41) is 0.332. The number of amides is 1. The Morgan fingerprint density at radius 2 is 1.79 bits per heavy atom. The Labute approximate surface area is 203 Å². The molecule has 0 bridgehead atoms. The Morgan fingerprint density at radius 1 is 1.06 bits per heavy atom. The average molecular weight is 513 g/mol. The summed E-state index contributed by atoms with van der Waals surface area (Å²) in [5.41, 5.74) is 0.0273. The number of benzene rings is 1. The maximum atomic E-state index is 14.6. The van der Waals surface area contributed by atoms with E-state index in [1.807, 2.05) is 4.90 Å². The molecule has 7 nitrogen and oxygen atoms in total. The first-order valence-electron chi connectivity index (χ1n) is 11.3. The molecule has 1 atom stereocenters. The van der Waals surface area contributed by atoms with Crippen LogP contribution in [0, 0.1) is 17.6 Å². The van der Waals surface area contributed by atoms with Gasteiger partial charge in [-0.3, -0.25) is 9.78 Å². The zero-order chi connectivity index (χ0) is 24.5. The summed E-state index contributed by atoms with van der Waals surface area (Å²) in [6, 6.07) is 1.69. The number of aromatic nitrogens is 2. The van der Waals surface area contributed by atoms with Crippen LogP contribution in [-0.2, 0) is 21.1 Å². The second-order valence-electron chi connectivity index (χ2n) is 8.99. The lowest BCUT2D eigenvalue weighted by molar-refractivity contribution is -0.137. The SMILES string of the molecule is CS(=O)(=O)c1cc(F)c(C[C@H]2CCCCN(C3CCN(c4cncc(Cl)n4)CC3)C2=O)cc1F. The maximum absolute atomic E-state index is 14.6. The van der Waals surface area contributed by atoms with Crippen LogP contribution in [0.1, 0.15) is 37.7 Å². The van der Waals surface area contributed by atoms with Crippen LogP contribution >= 0.6 is 11.6 Å². The summed E-state index contributed by atoms with van der Waals surface area (Å²) >= 11 is 5.95. The number of piperidine rings is 1. The minimum absolute atomic E-state index is 0.0273. The Bertz CT molecular complexity index is 1170. The second kappa shape index (κ2) is 10.1. The highest BCUT2D eigenvalue weighted by atomic mass is 35.5. The highest BCUT2D eigenvalue weighted by Crippen LogP contribution is 2.29. The lowest BCUT2D eigenvalue weighted by atomic mass is 9.93. The first kappa shape index (κ1) is 24.8. The van der Waals surface area contributed by atoms with Crippen molar-refractivity contribution in [3.8, 4) is 0 Å². The summed E-state index contributed by atoms with van der Waals surface area (Å²) in [6.45, 7) is 2.06. The van der Waals surface area contributed by atoms with E-state index >= 15 is 0 Å².